The molecule has 1 rings (SSSR count). The van der Waals surface area contributed by atoms with Gasteiger partial charge < -0.3 is 19.9 Å². The van der Waals surface area contributed by atoms with Gasteiger partial charge >= 0.3 is 5.97 Å². The second kappa shape index (κ2) is 8.81. The predicted molar refractivity (Wildman–Crippen MR) is 80.2 cm³/mol. The average molecular weight is 346 g/mol. The first kappa shape index (κ1) is 16.8. The van der Waals surface area contributed by atoms with Crippen molar-refractivity contribution in [3.8, 4) is 11.5 Å². The quantitative estimate of drug-likeness (QED) is 0.578. The van der Waals surface area contributed by atoms with E-state index in [0.717, 1.165) is 16.5 Å². The van der Waals surface area contributed by atoms with Crippen LogP contribution < -0.4 is 15.2 Å². The first-order chi connectivity index (χ1) is 9.62. The highest BCUT2D eigenvalue weighted by Crippen LogP contribution is 2.36. The van der Waals surface area contributed by atoms with E-state index in [1.54, 1.807) is 7.11 Å². The average Bonchev–Trinajstić information content (AvgIpc) is 2.44. The van der Waals surface area contributed by atoms with E-state index in [1.165, 1.54) is 7.11 Å². The van der Waals surface area contributed by atoms with Crippen LogP contribution in [0.2, 0.25) is 0 Å². The van der Waals surface area contributed by atoms with Crippen LogP contribution in [0.25, 0.3) is 0 Å². The number of benzene rings is 1. The van der Waals surface area contributed by atoms with E-state index < -0.39 is 0 Å². The molecule has 0 radical (unpaired) electrons. The van der Waals surface area contributed by atoms with Crippen molar-refractivity contribution in [2.75, 3.05) is 27.4 Å². The zero-order valence-corrected chi connectivity index (χ0v) is 13.4. The first-order valence-corrected chi connectivity index (χ1v) is 7.17. The Labute approximate surface area is 127 Å². The van der Waals surface area contributed by atoms with Gasteiger partial charge in [0.25, 0.3) is 0 Å². The molecule has 2 N–H and O–H groups in total. The van der Waals surface area contributed by atoms with Gasteiger partial charge in [0.05, 0.1) is 25.3 Å². The molecule has 0 bridgehead atoms. The second-order valence-corrected chi connectivity index (χ2v) is 5.03. The normalized spacial score (nSPS) is 10.2. The van der Waals surface area contributed by atoms with E-state index in [9.17, 15) is 4.79 Å². The summed E-state index contributed by atoms with van der Waals surface area (Å²) in [5.41, 5.74) is 6.63. The van der Waals surface area contributed by atoms with Gasteiger partial charge in [-0.2, -0.15) is 0 Å². The lowest BCUT2D eigenvalue weighted by atomic mass is 10.1. The Kier molecular flexibility index (Phi) is 7.40. The molecular weight excluding hydrogens is 326 g/mol. The number of hydrogen-bond acceptors (Lipinski definition) is 5. The zero-order valence-electron chi connectivity index (χ0n) is 11.8. The monoisotopic (exact) mass is 345 g/mol. The molecule has 0 aromatic heterocycles. The highest BCUT2D eigenvalue weighted by Gasteiger charge is 2.12. The molecule has 1 aromatic rings. The number of nitrogens with two attached hydrogens (primary N) is 1. The van der Waals surface area contributed by atoms with Crippen LogP contribution in [0.15, 0.2) is 16.6 Å². The molecule has 1 aromatic carbocycles. The van der Waals surface area contributed by atoms with Crippen LogP contribution in [0, 0.1) is 0 Å². The van der Waals surface area contributed by atoms with Gasteiger partial charge in [-0.05, 0) is 53.0 Å². The summed E-state index contributed by atoms with van der Waals surface area (Å²) in [5.74, 6) is 1.05. The van der Waals surface area contributed by atoms with Gasteiger partial charge in [-0.3, -0.25) is 4.79 Å². The van der Waals surface area contributed by atoms with Gasteiger partial charge in [0.15, 0.2) is 11.5 Å². The lowest BCUT2D eigenvalue weighted by molar-refractivity contribution is -0.140. The third-order valence-electron chi connectivity index (χ3n) is 2.72. The maximum absolute atomic E-state index is 11.0. The molecule has 0 aliphatic carbocycles. The number of esters is 1. The molecular formula is C14H20BrNO4. The smallest absolute Gasteiger partial charge is 0.305 e. The Bertz CT molecular complexity index is 451. The van der Waals surface area contributed by atoms with Crippen molar-refractivity contribution in [1.82, 2.24) is 0 Å². The number of carbonyl (C=O) groups is 1. The van der Waals surface area contributed by atoms with Crippen LogP contribution in [0.1, 0.15) is 18.4 Å². The van der Waals surface area contributed by atoms with Crippen LogP contribution in [0.4, 0.5) is 0 Å². The van der Waals surface area contributed by atoms with E-state index in [4.69, 9.17) is 15.2 Å². The van der Waals surface area contributed by atoms with Crippen molar-refractivity contribution in [3.63, 3.8) is 0 Å². The van der Waals surface area contributed by atoms with E-state index in [1.807, 2.05) is 12.1 Å². The van der Waals surface area contributed by atoms with Crippen LogP contribution in [-0.2, 0) is 16.0 Å². The lowest BCUT2D eigenvalue weighted by Crippen LogP contribution is -2.06. The molecule has 0 atom stereocenters. The van der Waals surface area contributed by atoms with Crippen LogP contribution in [-0.4, -0.2) is 33.3 Å². The van der Waals surface area contributed by atoms with Crippen molar-refractivity contribution < 1.29 is 19.0 Å². The number of rotatable bonds is 8. The molecule has 6 heteroatoms. The third-order valence-corrected chi connectivity index (χ3v) is 3.31. The summed E-state index contributed by atoms with van der Waals surface area (Å²) >= 11 is 3.47. The number of halogens is 1. The third kappa shape index (κ3) is 5.02. The van der Waals surface area contributed by atoms with Gasteiger partial charge in [0.2, 0.25) is 0 Å². The Morgan fingerprint density at radius 2 is 2.10 bits per heavy atom. The van der Waals surface area contributed by atoms with Crippen LogP contribution >= 0.6 is 15.9 Å². The number of ether oxygens (including phenoxy) is 3. The predicted octanol–water partition coefficient (Wildman–Crippen LogP) is 2.29. The Morgan fingerprint density at radius 1 is 1.35 bits per heavy atom. The minimum atomic E-state index is -0.238. The SMILES string of the molecule is COC(=O)CCCOc1c(Br)cc(CCN)cc1OC. The van der Waals surface area contributed by atoms with E-state index >= 15 is 0 Å². The highest BCUT2D eigenvalue weighted by molar-refractivity contribution is 9.10. The topological polar surface area (TPSA) is 70.8 Å². The number of methoxy groups -OCH3 is 2. The highest BCUT2D eigenvalue weighted by atomic mass is 79.9. The molecule has 5 nitrogen and oxygen atoms in total. The summed E-state index contributed by atoms with van der Waals surface area (Å²) in [4.78, 5) is 11.0. The largest absolute Gasteiger partial charge is 0.493 e. The molecule has 112 valence electrons. The zero-order chi connectivity index (χ0) is 15.0. The summed E-state index contributed by atoms with van der Waals surface area (Å²) in [7, 11) is 2.97. The molecule has 0 saturated carbocycles. The van der Waals surface area contributed by atoms with Gasteiger partial charge in [0, 0.05) is 6.42 Å². The molecule has 0 amide bonds. The first-order valence-electron chi connectivity index (χ1n) is 6.38. The fourth-order valence-corrected chi connectivity index (χ4v) is 2.32. The van der Waals surface area contributed by atoms with E-state index in [-0.39, 0.29) is 5.97 Å². The van der Waals surface area contributed by atoms with Gasteiger partial charge in [-0.15, -0.1) is 0 Å². The molecule has 0 aliphatic rings. The molecule has 0 aliphatic heterocycles. The van der Waals surface area contributed by atoms with E-state index in [0.29, 0.717) is 37.5 Å². The van der Waals surface area contributed by atoms with E-state index in [2.05, 4.69) is 20.7 Å². The second-order valence-electron chi connectivity index (χ2n) is 4.18. The van der Waals surface area contributed by atoms with Crippen molar-refractivity contribution >= 4 is 21.9 Å². The molecule has 0 spiro atoms. The van der Waals surface area contributed by atoms with Crippen molar-refractivity contribution in [2.24, 2.45) is 5.73 Å². The number of hydrogen-bond donors (Lipinski definition) is 1. The fraction of sp³-hybridized carbons (Fsp3) is 0.500. The van der Waals surface area contributed by atoms with Crippen molar-refractivity contribution in [3.05, 3.63) is 22.2 Å². The van der Waals surface area contributed by atoms with Crippen LogP contribution in [0.5, 0.6) is 11.5 Å². The maximum Gasteiger partial charge on any atom is 0.305 e. The van der Waals surface area contributed by atoms with Crippen molar-refractivity contribution in [2.45, 2.75) is 19.3 Å². The minimum Gasteiger partial charge on any atom is -0.493 e. The molecule has 0 saturated heterocycles. The lowest BCUT2D eigenvalue weighted by Gasteiger charge is -2.14. The molecule has 0 heterocycles. The minimum absolute atomic E-state index is 0.238. The van der Waals surface area contributed by atoms with Crippen LogP contribution in [0.3, 0.4) is 0 Å². The van der Waals surface area contributed by atoms with Gasteiger partial charge in [-0.1, -0.05) is 0 Å². The summed E-state index contributed by atoms with van der Waals surface area (Å²) < 4.78 is 16.4. The summed E-state index contributed by atoms with van der Waals surface area (Å²) in [6, 6.07) is 3.87. The Morgan fingerprint density at radius 3 is 2.70 bits per heavy atom. The molecule has 0 unspecified atom stereocenters. The Balaban J connectivity index is 2.66. The summed E-state index contributed by atoms with van der Waals surface area (Å²) in [6.07, 6.45) is 1.70. The maximum atomic E-state index is 11.0. The Hall–Kier alpha value is -1.27. The molecule has 0 fully saturated rings. The number of carbonyl (C=O) groups excluding carboxylic acids is 1. The summed E-state index contributed by atoms with van der Waals surface area (Å²) in [6.45, 7) is 0.995. The van der Waals surface area contributed by atoms with Gasteiger partial charge in [-0.25, -0.2) is 0 Å². The fourth-order valence-electron chi connectivity index (χ4n) is 1.72. The standard InChI is InChI=1S/C14H20BrNO4/c1-18-12-9-10(5-6-16)8-11(15)14(12)20-7-3-4-13(17)19-2/h8-9H,3-7,16H2,1-2H3. The van der Waals surface area contributed by atoms with Gasteiger partial charge in [0.1, 0.15) is 0 Å². The van der Waals surface area contributed by atoms with Crippen molar-refractivity contribution in [1.29, 1.82) is 0 Å². The summed E-state index contributed by atoms with van der Waals surface area (Å²) in [5, 5.41) is 0. The molecule has 20 heavy (non-hydrogen) atoms.